The van der Waals surface area contributed by atoms with E-state index in [0.29, 0.717) is 0 Å². The first kappa shape index (κ1) is 10.0. The molecule has 72 valence electrons. The molecule has 1 aromatic rings. The van der Waals surface area contributed by atoms with E-state index in [1.807, 2.05) is 0 Å². The van der Waals surface area contributed by atoms with Crippen LogP contribution in [0.1, 0.15) is 32.5 Å². The number of aryl methyl sites for hydroxylation is 1. The maximum Gasteiger partial charge on any atom is 0.257 e. The summed E-state index contributed by atoms with van der Waals surface area (Å²) >= 11 is 0. The smallest absolute Gasteiger partial charge is 0.234 e. The van der Waals surface area contributed by atoms with Crippen LogP contribution in [0.5, 0.6) is 0 Å². The van der Waals surface area contributed by atoms with Gasteiger partial charge in [-0.25, -0.2) is 9.13 Å². The van der Waals surface area contributed by atoms with Gasteiger partial charge in [0.15, 0.2) is 0 Å². The summed E-state index contributed by atoms with van der Waals surface area (Å²) in [5, 5.41) is 0. The Morgan fingerprint density at radius 3 is 2.77 bits per heavy atom. The SMILES string of the molecule is CCCC=Cn1cc[n+](CC)c1C. The van der Waals surface area contributed by atoms with E-state index in [4.69, 9.17) is 0 Å². The van der Waals surface area contributed by atoms with Crippen LogP contribution in [-0.2, 0) is 6.54 Å². The summed E-state index contributed by atoms with van der Waals surface area (Å²) in [5.74, 6) is 1.29. The molecule has 0 amide bonds. The molecule has 2 nitrogen and oxygen atoms in total. The molecule has 0 unspecified atom stereocenters. The van der Waals surface area contributed by atoms with Crippen molar-refractivity contribution in [1.29, 1.82) is 0 Å². The quantitative estimate of drug-likeness (QED) is 0.627. The Labute approximate surface area is 80.5 Å². The minimum atomic E-state index is 1.04. The number of hydrogen-bond acceptors (Lipinski definition) is 0. The van der Waals surface area contributed by atoms with E-state index >= 15 is 0 Å². The van der Waals surface area contributed by atoms with Crippen molar-refractivity contribution in [3.8, 4) is 0 Å². The van der Waals surface area contributed by atoms with Gasteiger partial charge < -0.3 is 0 Å². The third-order valence-electron chi connectivity index (χ3n) is 2.26. The van der Waals surface area contributed by atoms with Crippen molar-refractivity contribution in [2.75, 3.05) is 0 Å². The molecular weight excluding hydrogens is 160 g/mol. The molecule has 1 heterocycles. The number of rotatable bonds is 4. The lowest BCUT2D eigenvalue weighted by atomic mass is 10.3. The van der Waals surface area contributed by atoms with E-state index in [-0.39, 0.29) is 0 Å². The van der Waals surface area contributed by atoms with Gasteiger partial charge in [-0.15, -0.1) is 0 Å². The molecule has 1 rings (SSSR count). The van der Waals surface area contributed by atoms with Gasteiger partial charge in [-0.05, 0) is 19.4 Å². The van der Waals surface area contributed by atoms with E-state index in [9.17, 15) is 0 Å². The summed E-state index contributed by atoms with van der Waals surface area (Å²) in [5.41, 5.74) is 0. The molecule has 0 aromatic carbocycles. The Hall–Kier alpha value is -1.05. The fraction of sp³-hybridized carbons (Fsp3) is 0.545. The summed E-state index contributed by atoms with van der Waals surface area (Å²) in [7, 11) is 0. The number of imidazole rings is 1. The summed E-state index contributed by atoms with van der Waals surface area (Å²) in [6.07, 6.45) is 10.9. The molecule has 0 aliphatic carbocycles. The molecule has 0 saturated heterocycles. The van der Waals surface area contributed by atoms with Crippen molar-refractivity contribution in [2.45, 2.75) is 40.2 Å². The Balaban J connectivity index is 2.72. The first-order valence-corrected chi connectivity index (χ1v) is 5.03. The van der Waals surface area contributed by atoms with E-state index in [2.05, 4.69) is 54.6 Å². The van der Waals surface area contributed by atoms with Gasteiger partial charge in [0.05, 0.1) is 12.7 Å². The van der Waals surface area contributed by atoms with Crippen LogP contribution in [0.15, 0.2) is 18.5 Å². The van der Waals surface area contributed by atoms with Gasteiger partial charge in [0.25, 0.3) is 5.82 Å². The molecule has 13 heavy (non-hydrogen) atoms. The number of aromatic nitrogens is 2. The zero-order chi connectivity index (χ0) is 9.68. The number of nitrogens with zero attached hydrogens (tertiary/aromatic N) is 2. The van der Waals surface area contributed by atoms with Crippen molar-refractivity contribution < 1.29 is 4.57 Å². The highest BCUT2D eigenvalue weighted by atomic mass is 15.1. The monoisotopic (exact) mass is 179 g/mol. The van der Waals surface area contributed by atoms with Crippen molar-refractivity contribution in [2.24, 2.45) is 0 Å². The third-order valence-corrected chi connectivity index (χ3v) is 2.26. The minimum Gasteiger partial charge on any atom is -0.234 e. The number of hydrogen-bond donors (Lipinski definition) is 0. The third kappa shape index (κ3) is 2.44. The highest BCUT2D eigenvalue weighted by Crippen LogP contribution is 1.97. The predicted molar refractivity (Wildman–Crippen MR) is 55.3 cm³/mol. The normalized spacial score (nSPS) is 11.3. The van der Waals surface area contributed by atoms with Crippen molar-refractivity contribution >= 4 is 6.20 Å². The predicted octanol–water partition coefficient (Wildman–Crippen LogP) is 2.37. The summed E-state index contributed by atoms with van der Waals surface area (Å²) in [4.78, 5) is 0. The molecule has 0 bridgehead atoms. The maximum atomic E-state index is 2.23. The molecule has 0 aliphatic heterocycles. The number of allylic oxidation sites excluding steroid dienone is 1. The fourth-order valence-corrected chi connectivity index (χ4v) is 1.36. The Morgan fingerprint density at radius 2 is 2.23 bits per heavy atom. The van der Waals surface area contributed by atoms with Crippen LogP contribution >= 0.6 is 0 Å². The summed E-state index contributed by atoms with van der Waals surface area (Å²) < 4.78 is 4.40. The van der Waals surface area contributed by atoms with Gasteiger partial charge in [-0.1, -0.05) is 13.3 Å². The van der Waals surface area contributed by atoms with Crippen LogP contribution < -0.4 is 4.57 Å². The molecule has 2 heteroatoms. The lowest BCUT2D eigenvalue weighted by Crippen LogP contribution is -2.33. The van der Waals surface area contributed by atoms with E-state index < -0.39 is 0 Å². The fourth-order valence-electron chi connectivity index (χ4n) is 1.36. The van der Waals surface area contributed by atoms with E-state index in [0.717, 1.165) is 13.0 Å². The molecule has 0 radical (unpaired) electrons. The highest BCUT2D eigenvalue weighted by Gasteiger charge is 2.06. The second kappa shape index (κ2) is 4.85. The zero-order valence-corrected chi connectivity index (χ0v) is 8.83. The van der Waals surface area contributed by atoms with Crippen molar-refractivity contribution in [3.05, 3.63) is 24.3 Å². The lowest BCUT2D eigenvalue weighted by molar-refractivity contribution is -0.698. The lowest BCUT2D eigenvalue weighted by Gasteiger charge is -1.92. The molecule has 0 atom stereocenters. The number of unbranched alkanes of at least 4 members (excludes halogenated alkanes) is 1. The highest BCUT2D eigenvalue weighted by molar-refractivity contribution is 5.22. The van der Waals surface area contributed by atoms with Crippen LogP contribution in [0.2, 0.25) is 0 Å². The maximum absolute atomic E-state index is 2.23. The van der Waals surface area contributed by atoms with Crippen molar-refractivity contribution in [3.63, 3.8) is 0 Å². The summed E-state index contributed by atoms with van der Waals surface area (Å²) in [6, 6.07) is 0. The van der Waals surface area contributed by atoms with Crippen LogP contribution in [0.25, 0.3) is 6.20 Å². The summed E-state index contributed by atoms with van der Waals surface area (Å²) in [6.45, 7) is 7.53. The first-order chi connectivity index (χ1) is 6.29. The average molecular weight is 179 g/mol. The standard InChI is InChI=1S/C11H19N2/c1-4-6-7-8-13-10-9-12(5-2)11(13)3/h7-10H,4-6H2,1-3H3/q+1. The van der Waals surface area contributed by atoms with Gasteiger partial charge in [0.1, 0.15) is 12.4 Å². The molecule has 1 aromatic heterocycles. The van der Waals surface area contributed by atoms with Crippen LogP contribution in [0.3, 0.4) is 0 Å². The van der Waals surface area contributed by atoms with E-state index in [1.165, 1.54) is 12.2 Å². The van der Waals surface area contributed by atoms with Gasteiger partial charge in [0, 0.05) is 6.92 Å². The second-order valence-electron chi connectivity index (χ2n) is 3.21. The largest absolute Gasteiger partial charge is 0.257 e. The first-order valence-electron chi connectivity index (χ1n) is 5.03. The van der Waals surface area contributed by atoms with Gasteiger partial charge >= 0.3 is 0 Å². The average Bonchev–Trinajstić information content (AvgIpc) is 2.48. The molecule has 0 saturated carbocycles. The van der Waals surface area contributed by atoms with Crippen LogP contribution in [0, 0.1) is 6.92 Å². The molecule has 0 aliphatic rings. The molecular formula is C11H19N2+. The molecule has 0 spiro atoms. The Morgan fingerprint density at radius 1 is 1.46 bits per heavy atom. The van der Waals surface area contributed by atoms with Gasteiger partial charge in [-0.3, -0.25) is 0 Å². The van der Waals surface area contributed by atoms with Gasteiger partial charge in [-0.2, -0.15) is 0 Å². The Bertz CT molecular complexity index is 284. The van der Waals surface area contributed by atoms with Gasteiger partial charge in [0.2, 0.25) is 0 Å². The topological polar surface area (TPSA) is 8.81 Å². The molecule has 0 fully saturated rings. The minimum absolute atomic E-state index is 1.04. The second-order valence-corrected chi connectivity index (χ2v) is 3.21. The zero-order valence-electron chi connectivity index (χ0n) is 8.83. The van der Waals surface area contributed by atoms with Crippen LogP contribution in [-0.4, -0.2) is 4.57 Å². The van der Waals surface area contributed by atoms with Crippen LogP contribution in [0.4, 0.5) is 0 Å². The van der Waals surface area contributed by atoms with Crippen molar-refractivity contribution in [1.82, 2.24) is 4.57 Å². The molecule has 0 N–H and O–H groups in total. The van der Waals surface area contributed by atoms with E-state index in [1.54, 1.807) is 0 Å². The Kier molecular flexibility index (Phi) is 3.74.